The molecular formula is C7H9NO3S. The van der Waals surface area contributed by atoms with Crippen molar-refractivity contribution in [3.63, 3.8) is 0 Å². The average Bonchev–Trinajstić information content (AvgIpc) is 2.51. The number of rotatable bonds is 3. The summed E-state index contributed by atoms with van der Waals surface area (Å²) in [7, 11) is 0. The predicted molar refractivity (Wildman–Crippen MR) is 45.3 cm³/mol. The summed E-state index contributed by atoms with van der Waals surface area (Å²) < 4.78 is 0. The highest BCUT2D eigenvalue weighted by atomic mass is 32.1. The predicted octanol–water partition coefficient (Wildman–Crippen LogP) is 1.05. The van der Waals surface area contributed by atoms with Crippen LogP contribution in [0.25, 0.3) is 0 Å². The molecule has 0 saturated carbocycles. The van der Waals surface area contributed by atoms with Crippen molar-refractivity contribution in [3.05, 3.63) is 22.4 Å². The molecule has 0 spiro atoms. The van der Waals surface area contributed by atoms with Gasteiger partial charge in [-0.3, -0.25) is 0 Å². The second-order valence-corrected chi connectivity index (χ2v) is 3.20. The van der Waals surface area contributed by atoms with Crippen LogP contribution in [0.1, 0.15) is 11.0 Å². The molecular weight excluding hydrogens is 178 g/mol. The van der Waals surface area contributed by atoms with E-state index in [1.165, 1.54) is 11.3 Å². The van der Waals surface area contributed by atoms with Crippen molar-refractivity contribution >= 4 is 17.4 Å². The number of nitrogens with one attached hydrogen (secondary N) is 1. The Morgan fingerprint density at radius 2 is 2.50 bits per heavy atom. The molecule has 0 aromatic carbocycles. The minimum atomic E-state index is -1.12. The van der Waals surface area contributed by atoms with Gasteiger partial charge in [-0.05, 0) is 11.4 Å². The van der Waals surface area contributed by atoms with E-state index in [4.69, 9.17) is 5.11 Å². The van der Waals surface area contributed by atoms with Gasteiger partial charge >= 0.3 is 6.09 Å². The van der Waals surface area contributed by atoms with Crippen molar-refractivity contribution in [2.45, 2.75) is 6.10 Å². The summed E-state index contributed by atoms with van der Waals surface area (Å²) in [6, 6.07) is 3.57. The standard InChI is InChI=1S/C7H9NO3S/c9-5(4-8-7(10)11)6-2-1-3-12-6/h1-3,5,8-9H,4H2,(H,10,11). The van der Waals surface area contributed by atoms with Crippen molar-refractivity contribution in [1.29, 1.82) is 0 Å². The maximum Gasteiger partial charge on any atom is 0.404 e. The van der Waals surface area contributed by atoms with Gasteiger partial charge in [-0.25, -0.2) is 4.79 Å². The lowest BCUT2D eigenvalue weighted by atomic mass is 10.3. The molecule has 1 heterocycles. The first-order chi connectivity index (χ1) is 5.70. The molecule has 3 N–H and O–H groups in total. The van der Waals surface area contributed by atoms with E-state index < -0.39 is 12.2 Å². The summed E-state index contributed by atoms with van der Waals surface area (Å²) in [6.45, 7) is 0.0375. The van der Waals surface area contributed by atoms with E-state index in [9.17, 15) is 9.90 Å². The Bertz CT molecular complexity index is 247. The van der Waals surface area contributed by atoms with Gasteiger partial charge in [0.25, 0.3) is 0 Å². The fraction of sp³-hybridized carbons (Fsp3) is 0.286. The van der Waals surface area contributed by atoms with Crippen LogP contribution in [-0.4, -0.2) is 22.9 Å². The Morgan fingerprint density at radius 1 is 1.75 bits per heavy atom. The largest absolute Gasteiger partial charge is 0.465 e. The van der Waals surface area contributed by atoms with Gasteiger partial charge in [0.15, 0.2) is 0 Å². The monoisotopic (exact) mass is 187 g/mol. The SMILES string of the molecule is O=C(O)NCC(O)c1cccs1. The summed E-state index contributed by atoms with van der Waals surface area (Å²) in [5.74, 6) is 0. The molecule has 1 unspecified atom stereocenters. The Balaban J connectivity index is 2.39. The van der Waals surface area contributed by atoms with Gasteiger partial charge in [0.05, 0.1) is 6.54 Å². The molecule has 1 rings (SSSR count). The Hall–Kier alpha value is -1.07. The molecule has 1 amide bonds. The topological polar surface area (TPSA) is 69.6 Å². The molecule has 1 aromatic rings. The van der Waals surface area contributed by atoms with Gasteiger partial charge < -0.3 is 15.5 Å². The smallest absolute Gasteiger partial charge is 0.404 e. The normalized spacial score (nSPS) is 12.4. The molecule has 0 saturated heterocycles. The molecule has 4 nitrogen and oxygen atoms in total. The third-order valence-electron chi connectivity index (χ3n) is 1.32. The molecule has 5 heteroatoms. The summed E-state index contributed by atoms with van der Waals surface area (Å²) >= 11 is 1.40. The molecule has 0 fully saturated rings. The average molecular weight is 187 g/mol. The Labute approximate surface area is 73.5 Å². The van der Waals surface area contributed by atoms with E-state index >= 15 is 0 Å². The quantitative estimate of drug-likeness (QED) is 0.662. The minimum absolute atomic E-state index is 0.0375. The second kappa shape index (κ2) is 4.08. The lowest BCUT2D eigenvalue weighted by Crippen LogP contribution is -2.26. The van der Waals surface area contributed by atoms with Crippen LogP contribution in [0.2, 0.25) is 0 Å². The fourth-order valence-corrected chi connectivity index (χ4v) is 1.48. The van der Waals surface area contributed by atoms with Crippen LogP contribution in [0.4, 0.5) is 4.79 Å². The number of amides is 1. The van der Waals surface area contributed by atoms with Crippen LogP contribution in [0.5, 0.6) is 0 Å². The first-order valence-corrected chi connectivity index (χ1v) is 4.26. The van der Waals surface area contributed by atoms with Crippen LogP contribution in [-0.2, 0) is 0 Å². The van der Waals surface area contributed by atoms with Crippen molar-refractivity contribution in [2.75, 3.05) is 6.54 Å². The maximum absolute atomic E-state index is 10.1. The number of thiophene rings is 1. The third-order valence-corrected chi connectivity index (χ3v) is 2.29. The van der Waals surface area contributed by atoms with Crippen molar-refractivity contribution in [2.24, 2.45) is 0 Å². The summed E-state index contributed by atoms with van der Waals surface area (Å²) in [6.07, 6.45) is -1.85. The Morgan fingerprint density at radius 3 is 3.00 bits per heavy atom. The number of aliphatic hydroxyl groups excluding tert-OH is 1. The van der Waals surface area contributed by atoms with Crippen LogP contribution in [0.15, 0.2) is 17.5 Å². The second-order valence-electron chi connectivity index (χ2n) is 2.22. The fourth-order valence-electron chi connectivity index (χ4n) is 0.765. The zero-order chi connectivity index (χ0) is 8.97. The van der Waals surface area contributed by atoms with E-state index in [1.807, 2.05) is 11.4 Å². The number of aliphatic hydroxyl groups is 1. The Kier molecular flexibility index (Phi) is 3.07. The van der Waals surface area contributed by atoms with Gasteiger partial charge in [0.2, 0.25) is 0 Å². The van der Waals surface area contributed by atoms with E-state index in [1.54, 1.807) is 6.07 Å². The van der Waals surface area contributed by atoms with Crippen molar-refractivity contribution < 1.29 is 15.0 Å². The third kappa shape index (κ3) is 2.52. The highest BCUT2D eigenvalue weighted by Crippen LogP contribution is 2.17. The summed E-state index contributed by atoms with van der Waals surface area (Å²) in [4.78, 5) is 10.8. The molecule has 66 valence electrons. The molecule has 12 heavy (non-hydrogen) atoms. The molecule has 1 aromatic heterocycles. The number of carboxylic acid groups (broad SMARTS) is 1. The number of hydrogen-bond acceptors (Lipinski definition) is 3. The molecule has 0 aliphatic heterocycles. The molecule has 0 aliphatic rings. The van der Waals surface area contributed by atoms with Gasteiger partial charge in [-0.1, -0.05) is 6.07 Å². The van der Waals surface area contributed by atoms with E-state index in [0.717, 1.165) is 4.88 Å². The first kappa shape index (κ1) is 9.02. The highest BCUT2D eigenvalue weighted by Gasteiger charge is 2.08. The van der Waals surface area contributed by atoms with Crippen LogP contribution < -0.4 is 5.32 Å². The lowest BCUT2D eigenvalue weighted by Gasteiger charge is -2.06. The van der Waals surface area contributed by atoms with Crippen molar-refractivity contribution in [1.82, 2.24) is 5.32 Å². The maximum atomic E-state index is 10.1. The molecule has 1 atom stereocenters. The zero-order valence-corrected chi connectivity index (χ0v) is 7.04. The van der Waals surface area contributed by atoms with Crippen LogP contribution >= 0.6 is 11.3 Å². The zero-order valence-electron chi connectivity index (χ0n) is 6.23. The number of carbonyl (C=O) groups is 1. The van der Waals surface area contributed by atoms with Gasteiger partial charge in [-0.15, -0.1) is 11.3 Å². The van der Waals surface area contributed by atoms with Gasteiger partial charge in [0, 0.05) is 4.88 Å². The van der Waals surface area contributed by atoms with Crippen LogP contribution in [0, 0.1) is 0 Å². The van der Waals surface area contributed by atoms with E-state index in [0.29, 0.717) is 0 Å². The molecule has 0 aliphatic carbocycles. The van der Waals surface area contributed by atoms with Crippen LogP contribution in [0.3, 0.4) is 0 Å². The van der Waals surface area contributed by atoms with Crippen molar-refractivity contribution in [3.8, 4) is 0 Å². The first-order valence-electron chi connectivity index (χ1n) is 3.38. The minimum Gasteiger partial charge on any atom is -0.465 e. The van der Waals surface area contributed by atoms with E-state index in [2.05, 4.69) is 5.32 Å². The van der Waals surface area contributed by atoms with E-state index in [-0.39, 0.29) is 6.54 Å². The summed E-state index contributed by atoms with van der Waals surface area (Å²) in [5, 5.41) is 21.5. The lowest BCUT2D eigenvalue weighted by molar-refractivity contribution is 0.161. The summed E-state index contributed by atoms with van der Waals surface area (Å²) in [5.41, 5.74) is 0. The van der Waals surface area contributed by atoms with Gasteiger partial charge in [-0.2, -0.15) is 0 Å². The molecule has 0 radical (unpaired) electrons. The molecule has 0 bridgehead atoms. The van der Waals surface area contributed by atoms with Gasteiger partial charge in [0.1, 0.15) is 6.10 Å². The highest BCUT2D eigenvalue weighted by molar-refractivity contribution is 7.10. The number of hydrogen-bond donors (Lipinski definition) is 3.